The van der Waals surface area contributed by atoms with E-state index in [9.17, 15) is 25.2 Å². The number of rotatable bonds is 5. The Labute approximate surface area is 181 Å². The Morgan fingerprint density at radius 3 is 2.71 bits per heavy atom. The molecule has 2 aromatic carbocycles. The van der Waals surface area contributed by atoms with Gasteiger partial charge in [-0.05, 0) is 35.9 Å². The van der Waals surface area contributed by atoms with Crippen LogP contribution < -0.4 is 10.1 Å². The highest BCUT2D eigenvalue weighted by Gasteiger charge is 2.44. The van der Waals surface area contributed by atoms with Crippen LogP contribution in [0.2, 0.25) is 0 Å². The molecule has 0 aliphatic carbocycles. The summed E-state index contributed by atoms with van der Waals surface area (Å²) in [6.45, 7) is -0.499. The first-order valence-electron chi connectivity index (χ1n) is 9.62. The van der Waals surface area contributed by atoms with Gasteiger partial charge in [0, 0.05) is 12.6 Å². The summed E-state index contributed by atoms with van der Waals surface area (Å²) in [5.74, 6) is 0.241. The van der Waals surface area contributed by atoms with E-state index in [4.69, 9.17) is 9.47 Å². The molecule has 1 aliphatic heterocycles. The second-order valence-corrected chi connectivity index (χ2v) is 8.16. The van der Waals surface area contributed by atoms with Gasteiger partial charge in [0.2, 0.25) is 0 Å². The lowest BCUT2D eigenvalue weighted by Gasteiger charge is -2.40. The molecule has 2 heterocycles. The molecule has 0 spiro atoms. The standard InChI is InChI=1S/C21H22N2O7S/c1-22-20(28)11-5-6-13-15(8-11)31-21(23-13)29-12-4-2-3-10(7-12)19-18(27)17(26)16(25)14(9-24)30-19/h2-8,14,16-19,24-27H,9H2,1H3,(H,22,28). The van der Waals surface area contributed by atoms with E-state index in [1.54, 1.807) is 49.5 Å². The zero-order valence-corrected chi connectivity index (χ0v) is 17.3. The highest BCUT2D eigenvalue weighted by atomic mass is 32.1. The van der Waals surface area contributed by atoms with Gasteiger partial charge in [-0.25, -0.2) is 4.98 Å². The van der Waals surface area contributed by atoms with Gasteiger partial charge in [0.1, 0.15) is 36.3 Å². The molecule has 9 nitrogen and oxygen atoms in total. The number of thiazole rings is 1. The highest BCUT2D eigenvalue weighted by Crippen LogP contribution is 2.36. The lowest BCUT2D eigenvalue weighted by molar-refractivity contribution is -0.231. The zero-order chi connectivity index (χ0) is 22.1. The van der Waals surface area contributed by atoms with Crippen LogP contribution in [0.15, 0.2) is 42.5 Å². The zero-order valence-electron chi connectivity index (χ0n) is 16.5. The summed E-state index contributed by atoms with van der Waals surface area (Å²) in [4.78, 5) is 16.2. The molecule has 3 aromatic rings. The maximum Gasteiger partial charge on any atom is 0.279 e. The van der Waals surface area contributed by atoms with Crippen LogP contribution >= 0.6 is 11.3 Å². The van der Waals surface area contributed by atoms with Gasteiger partial charge in [0.25, 0.3) is 11.1 Å². The fourth-order valence-electron chi connectivity index (χ4n) is 3.47. The normalized spacial score (nSPS) is 26.0. The van der Waals surface area contributed by atoms with Crippen molar-refractivity contribution in [3.8, 4) is 10.9 Å². The average Bonchev–Trinajstić information content (AvgIpc) is 3.18. The second kappa shape index (κ2) is 8.87. The molecule has 1 aliphatic rings. The van der Waals surface area contributed by atoms with Crippen molar-refractivity contribution in [3.63, 3.8) is 0 Å². The molecule has 0 saturated carbocycles. The molecule has 31 heavy (non-hydrogen) atoms. The van der Waals surface area contributed by atoms with Gasteiger partial charge in [0.05, 0.1) is 16.8 Å². The lowest BCUT2D eigenvalue weighted by Crippen LogP contribution is -2.55. The monoisotopic (exact) mass is 446 g/mol. The van der Waals surface area contributed by atoms with Crippen LogP contribution in [0.25, 0.3) is 10.2 Å². The molecule has 5 atom stereocenters. The number of carbonyl (C=O) groups is 1. The highest BCUT2D eigenvalue weighted by molar-refractivity contribution is 7.20. The topological polar surface area (TPSA) is 141 Å². The smallest absolute Gasteiger partial charge is 0.279 e. The maximum atomic E-state index is 11.8. The average molecular weight is 446 g/mol. The van der Waals surface area contributed by atoms with Crippen LogP contribution in [0.5, 0.6) is 10.9 Å². The summed E-state index contributed by atoms with van der Waals surface area (Å²) in [5.41, 5.74) is 1.73. The molecule has 5 N–H and O–H groups in total. The fourth-order valence-corrected chi connectivity index (χ4v) is 4.34. The van der Waals surface area contributed by atoms with E-state index in [2.05, 4.69) is 10.3 Å². The lowest BCUT2D eigenvalue weighted by atomic mass is 9.91. The van der Waals surface area contributed by atoms with Crippen molar-refractivity contribution in [2.45, 2.75) is 30.5 Å². The van der Waals surface area contributed by atoms with E-state index in [0.717, 1.165) is 4.70 Å². The van der Waals surface area contributed by atoms with Crippen molar-refractivity contribution in [2.24, 2.45) is 0 Å². The van der Waals surface area contributed by atoms with Crippen LogP contribution in [-0.4, -0.2) is 69.4 Å². The van der Waals surface area contributed by atoms with Gasteiger partial charge in [-0.3, -0.25) is 4.79 Å². The Kier molecular flexibility index (Phi) is 6.19. The van der Waals surface area contributed by atoms with E-state index in [-0.39, 0.29) is 5.91 Å². The van der Waals surface area contributed by atoms with Gasteiger partial charge < -0.3 is 35.2 Å². The molecule has 1 amide bonds. The Balaban J connectivity index is 1.57. The summed E-state index contributed by atoms with van der Waals surface area (Å²) in [7, 11) is 1.57. The number of nitrogens with zero attached hydrogens (tertiary/aromatic N) is 1. The van der Waals surface area contributed by atoms with E-state index in [1.165, 1.54) is 11.3 Å². The molecule has 4 rings (SSSR count). The minimum atomic E-state index is -1.46. The summed E-state index contributed by atoms with van der Waals surface area (Å²) in [5, 5.41) is 42.7. The van der Waals surface area contributed by atoms with E-state index in [0.29, 0.717) is 27.6 Å². The second-order valence-electron chi connectivity index (χ2n) is 7.17. The molecule has 5 unspecified atom stereocenters. The van der Waals surface area contributed by atoms with Crippen molar-refractivity contribution in [3.05, 3.63) is 53.6 Å². The van der Waals surface area contributed by atoms with Crippen molar-refractivity contribution in [1.82, 2.24) is 10.3 Å². The van der Waals surface area contributed by atoms with Crippen molar-refractivity contribution in [1.29, 1.82) is 0 Å². The van der Waals surface area contributed by atoms with E-state index in [1.807, 2.05) is 0 Å². The number of aromatic nitrogens is 1. The number of aliphatic hydroxyl groups excluding tert-OH is 4. The third-order valence-corrected chi connectivity index (χ3v) is 6.04. The number of benzene rings is 2. The number of nitrogens with one attached hydrogen (secondary N) is 1. The van der Waals surface area contributed by atoms with E-state index >= 15 is 0 Å². The Morgan fingerprint density at radius 2 is 1.97 bits per heavy atom. The van der Waals surface area contributed by atoms with Gasteiger partial charge in [-0.15, -0.1) is 0 Å². The van der Waals surface area contributed by atoms with Crippen LogP contribution in [-0.2, 0) is 4.74 Å². The summed E-state index contributed by atoms with van der Waals surface area (Å²) < 4.78 is 12.3. The number of aliphatic hydroxyl groups is 4. The van der Waals surface area contributed by atoms with Crippen molar-refractivity contribution in [2.75, 3.05) is 13.7 Å². The number of carbonyl (C=O) groups excluding carboxylic acids is 1. The number of hydrogen-bond donors (Lipinski definition) is 5. The Hall–Kier alpha value is -2.60. The maximum absolute atomic E-state index is 11.8. The van der Waals surface area contributed by atoms with Crippen LogP contribution in [0.4, 0.5) is 0 Å². The van der Waals surface area contributed by atoms with Gasteiger partial charge in [-0.1, -0.05) is 23.5 Å². The third-order valence-electron chi connectivity index (χ3n) is 5.14. The molecular formula is C21H22N2O7S. The fraction of sp³-hybridized carbons (Fsp3) is 0.333. The molecule has 1 aromatic heterocycles. The number of hydrogen-bond acceptors (Lipinski definition) is 9. The van der Waals surface area contributed by atoms with Crippen LogP contribution in [0.3, 0.4) is 0 Å². The molecule has 1 saturated heterocycles. The van der Waals surface area contributed by atoms with Crippen molar-refractivity contribution < 1.29 is 34.7 Å². The largest absolute Gasteiger partial charge is 0.431 e. The Morgan fingerprint density at radius 1 is 1.16 bits per heavy atom. The quantitative estimate of drug-likeness (QED) is 0.390. The molecule has 10 heteroatoms. The Bertz CT molecular complexity index is 1090. The van der Waals surface area contributed by atoms with Crippen LogP contribution in [0, 0.1) is 0 Å². The van der Waals surface area contributed by atoms with Gasteiger partial charge in [0.15, 0.2) is 0 Å². The molecule has 0 bridgehead atoms. The van der Waals surface area contributed by atoms with Gasteiger partial charge in [-0.2, -0.15) is 0 Å². The minimum absolute atomic E-state index is 0.190. The molecule has 1 fully saturated rings. The molecule has 164 valence electrons. The van der Waals surface area contributed by atoms with Crippen LogP contribution in [0.1, 0.15) is 22.0 Å². The van der Waals surface area contributed by atoms with Crippen molar-refractivity contribution >= 4 is 27.5 Å². The number of amides is 1. The number of fused-ring (bicyclic) bond motifs is 1. The minimum Gasteiger partial charge on any atom is -0.431 e. The summed E-state index contributed by atoms with van der Waals surface area (Å²) in [6, 6.07) is 11.9. The first-order chi connectivity index (χ1) is 14.9. The predicted molar refractivity (Wildman–Crippen MR) is 112 cm³/mol. The van der Waals surface area contributed by atoms with E-state index < -0.39 is 37.1 Å². The summed E-state index contributed by atoms with van der Waals surface area (Å²) in [6.07, 6.45) is -6.20. The first-order valence-corrected chi connectivity index (χ1v) is 10.4. The predicted octanol–water partition coefficient (Wildman–Crippen LogP) is 0.963. The molecule has 0 radical (unpaired) electrons. The molecular weight excluding hydrogens is 424 g/mol. The first kappa shape index (κ1) is 21.6. The third kappa shape index (κ3) is 4.26. The summed E-state index contributed by atoms with van der Waals surface area (Å²) >= 11 is 1.28. The number of ether oxygens (including phenoxy) is 2. The van der Waals surface area contributed by atoms with Gasteiger partial charge >= 0.3 is 0 Å². The SMILES string of the molecule is CNC(=O)c1ccc2nc(Oc3cccc(C4OC(CO)C(O)C(O)C4O)c3)sc2c1.